The summed E-state index contributed by atoms with van der Waals surface area (Å²) in [5.41, 5.74) is 0.439. The molecule has 0 spiro atoms. The van der Waals surface area contributed by atoms with Gasteiger partial charge < -0.3 is 14.8 Å². The highest BCUT2D eigenvalue weighted by molar-refractivity contribution is 5.98. The van der Waals surface area contributed by atoms with Crippen molar-refractivity contribution in [2.45, 2.75) is 52.1 Å². The van der Waals surface area contributed by atoms with Gasteiger partial charge in [-0.3, -0.25) is 14.5 Å². The molecule has 1 fully saturated rings. The molecule has 0 bridgehead atoms. The summed E-state index contributed by atoms with van der Waals surface area (Å²) in [4.78, 5) is 27.4. The third-order valence-electron chi connectivity index (χ3n) is 5.15. The monoisotopic (exact) mass is 374 g/mol. The number of fused-ring (bicyclic) bond motifs is 1. The van der Waals surface area contributed by atoms with Crippen molar-refractivity contribution in [1.82, 2.24) is 10.2 Å². The van der Waals surface area contributed by atoms with Gasteiger partial charge in [0.15, 0.2) is 17.3 Å². The van der Waals surface area contributed by atoms with Crippen molar-refractivity contribution < 1.29 is 19.1 Å². The molecule has 2 heterocycles. The number of carbonyl (C=O) groups is 2. The van der Waals surface area contributed by atoms with Gasteiger partial charge in [0.25, 0.3) is 0 Å². The number of ether oxygens (including phenoxy) is 2. The Morgan fingerprint density at radius 2 is 1.74 bits per heavy atom. The molecule has 1 saturated heterocycles. The molecule has 6 heteroatoms. The molecule has 1 amide bonds. The molecule has 0 saturated carbocycles. The van der Waals surface area contributed by atoms with Crippen LogP contribution in [0.25, 0.3) is 0 Å². The van der Waals surface area contributed by atoms with Crippen molar-refractivity contribution in [2.75, 3.05) is 26.3 Å². The minimum Gasteiger partial charge on any atom is -0.486 e. The quantitative estimate of drug-likeness (QED) is 0.821. The third-order valence-corrected chi connectivity index (χ3v) is 5.15. The number of rotatable bonds is 4. The predicted octanol–water partition coefficient (Wildman–Crippen LogP) is 2.66. The van der Waals surface area contributed by atoms with Gasteiger partial charge >= 0.3 is 0 Å². The summed E-state index contributed by atoms with van der Waals surface area (Å²) in [6, 6.07) is 5.24. The van der Waals surface area contributed by atoms with Crippen LogP contribution in [0, 0.1) is 5.92 Å². The fraction of sp³-hybridized carbons (Fsp3) is 0.619. The number of likely N-dealkylation sites (tertiary alicyclic amines) is 1. The second-order valence-electron chi connectivity index (χ2n) is 8.45. The molecule has 1 atom stereocenters. The van der Waals surface area contributed by atoms with Crippen LogP contribution in [0.15, 0.2) is 18.2 Å². The van der Waals surface area contributed by atoms with Crippen LogP contribution in [0.3, 0.4) is 0 Å². The molecule has 0 radical (unpaired) electrons. The van der Waals surface area contributed by atoms with Gasteiger partial charge in [-0.1, -0.05) is 0 Å². The second-order valence-corrected chi connectivity index (χ2v) is 8.45. The molecule has 0 aromatic heterocycles. The van der Waals surface area contributed by atoms with Crippen molar-refractivity contribution >= 4 is 11.7 Å². The van der Waals surface area contributed by atoms with E-state index in [1.807, 2.05) is 39.8 Å². The summed E-state index contributed by atoms with van der Waals surface area (Å²) < 4.78 is 11.1. The second kappa shape index (κ2) is 7.89. The Morgan fingerprint density at radius 3 is 2.37 bits per heavy atom. The predicted molar refractivity (Wildman–Crippen MR) is 103 cm³/mol. The minimum atomic E-state index is -0.238. The van der Waals surface area contributed by atoms with Crippen LogP contribution in [0.5, 0.6) is 11.5 Å². The summed E-state index contributed by atoms with van der Waals surface area (Å²) in [6.45, 7) is 10.4. The normalized spacial score (nSPS) is 19.4. The minimum absolute atomic E-state index is 0.0123. The van der Waals surface area contributed by atoms with Crippen LogP contribution in [0.4, 0.5) is 0 Å². The number of Topliss-reactive ketones (excluding diaryl/α,β-unsaturated/α-hetero) is 1. The average Bonchev–Trinajstić information content (AvgIpc) is 2.65. The van der Waals surface area contributed by atoms with Crippen LogP contribution in [0.2, 0.25) is 0 Å². The van der Waals surface area contributed by atoms with Crippen LogP contribution in [-0.2, 0) is 4.79 Å². The third kappa shape index (κ3) is 4.80. The zero-order valence-electron chi connectivity index (χ0n) is 16.7. The number of nitrogens with zero attached hydrogens (tertiary/aromatic N) is 1. The average molecular weight is 374 g/mol. The fourth-order valence-corrected chi connectivity index (χ4v) is 3.62. The number of amides is 1. The van der Waals surface area contributed by atoms with Gasteiger partial charge in [0.2, 0.25) is 5.91 Å². The summed E-state index contributed by atoms with van der Waals surface area (Å²) in [6.07, 6.45) is 1.53. The molecule has 0 unspecified atom stereocenters. The number of hydrogen-bond donors (Lipinski definition) is 1. The number of carbonyl (C=O) groups excluding carboxylic acids is 2. The van der Waals surface area contributed by atoms with Crippen molar-refractivity contribution in [3.8, 4) is 11.5 Å². The van der Waals surface area contributed by atoms with E-state index in [0.717, 1.165) is 25.9 Å². The highest BCUT2D eigenvalue weighted by Crippen LogP contribution is 2.32. The molecular weight excluding hydrogens is 344 g/mol. The van der Waals surface area contributed by atoms with Crippen LogP contribution < -0.4 is 14.8 Å². The van der Waals surface area contributed by atoms with Crippen LogP contribution >= 0.6 is 0 Å². The maximum atomic E-state index is 12.9. The number of nitrogens with one attached hydrogen (secondary N) is 1. The van der Waals surface area contributed by atoms with E-state index in [-0.39, 0.29) is 29.2 Å². The standard InChI is InChI=1S/C21H30N2O4/c1-14(20(25)22-21(2,3)4)23-9-7-15(8-10-23)19(24)16-5-6-17-18(13-16)27-12-11-26-17/h5-6,13-15H,7-12H2,1-4H3,(H,22,25)/t14-/m0/s1. The molecule has 0 aliphatic carbocycles. The van der Waals surface area contributed by atoms with Crippen LogP contribution in [0.1, 0.15) is 50.9 Å². The molecule has 148 valence electrons. The number of benzene rings is 1. The maximum Gasteiger partial charge on any atom is 0.237 e. The van der Waals surface area contributed by atoms with E-state index < -0.39 is 0 Å². The maximum absolute atomic E-state index is 12.9. The molecule has 1 N–H and O–H groups in total. The van der Waals surface area contributed by atoms with Gasteiger partial charge in [0.1, 0.15) is 13.2 Å². The number of ketones is 1. The molecule has 2 aliphatic heterocycles. The Morgan fingerprint density at radius 1 is 1.11 bits per heavy atom. The van der Waals surface area contributed by atoms with E-state index in [2.05, 4.69) is 10.2 Å². The number of piperidine rings is 1. The van der Waals surface area contributed by atoms with Gasteiger partial charge in [-0.05, 0) is 71.8 Å². The van der Waals surface area contributed by atoms with Crippen molar-refractivity contribution in [2.24, 2.45) is 5.92 Å². The van der Waals surface area contributed by atoms with E-state index in [9.17, 15) is 9.59 Å². The Balaban J connectivity index is 1.57. The lowest BCUT2D eigenvalue weighted by Gasteiger charge is -2.36. The molecule has 27 heavy (non-hydrogen) atoms. The Hall–Kier alpha value is -2.08. The number of hydrogen-bond acceptors (Lipinski definition) is 5. The first kappa shape index (κ1) is 19.7. The summed E-state index contributed by atoms with van der Waals surface area (Å²) in [5, 5.41) is 3.03. The van der Waals surface area contributed by atoms with Gasteiger partial charge in [0, 0.05) is 17.0 Å². The molecule has 1 aromatic carbocycles. The van der Waals surface area contributed by atoms with E-state index in [4.69, 9.17) is 9.47 Å². The highest BCUT2D eigenvalue weighted by Gasteiger charge is 2.31. The van der Waals surface area contributed by atoms with Gasteiger partial charge in [-0.15, -0.1) is 0 Å². The van der Waals surface area contributed by atoms with E-state index >= 15 is 0 Å². The summed E-state index contributed by atoms with van der Waals surface area (Å²) in [5.74, 6) is 1.53. The topological polar surface area (TPSA) is 67.9 Å². The van der Waals surface area contributed by atoms with Gasteiger partial charge in [0.05, 0.1) is 6.04 Å². The lowest BCUT2D eigenvalue weighted by molar-refractivity contribution is -0.127. The zero-order valence-corrected chi connectivity index (χ0v) is 16.7. The molecular formula is C21H30N2O4. The first-order valence-corrected chi connectivity index (χ1v) is 9.74. The zero-order chi connectivity index (χ0) is 19.6. The summed E-state index contributed by atoms with van der Waals surface area (Å²) >= 11 is 0. The van der Waals surface area contributed by atoms with Crippen molar-refractivity contribution in [3.05, 3.63) is 23.8 Å². The fourth-order valence-electron chi connectivity index (χ4n) is 3.62. The van der Waals surface area contributed by atoms with E-state index in [1.54, 1.807) is 6.07 Å². The molecule has 3 rings (SSSR count). The Bertz CT molecular complexity index is 703. The molecule has 2 aliphatic rings. The van der Waals surface area contributed by atoms with Crippen molar-refractivity contribution in [1.29, 1.82) is 0 Å². The lowest BCUT2D eigenvalue weighted by Crippen LogP contribution is -2.53. The first-order chi connectivity index (χ1) is 12.7. The summed E-state index contributed by atoms with van der Waals surface area (Å²) in [7, 11) is 0. The van der Waals surface area contributed by atoms with Gasteiger partial charge in [-0.2, -0.15) is 0 Å². The Kier molecular flexibility index (Phi) is 5.75. The van der Waals surface area contributed by atoms with Crippen LogP contribution in [-0.4, -0.2) is 54.5 Å². The van der Waals surface area contributed by atoms with E-state index in [0.29, 0.717) is 30.3 Å². The SMILES string of the molecule is C[C@@H](C(=O)NC(C)(C)C)N1CCC(C(=O)c2ccc3c(c2)OCCO3)CC1. The van der Waals surface area contributed by atoms with E-state index in [1.165, 1.54) is 0 Å². The highest BCUT2D eigenvalue weighted by atomic mass is 16.6. The Labute approximate surface area is 161 Å². The van der Waals surface area contributed by atoms with Gasteiger partial charge in [-0.25, -0.2) is 0 Å². The molecule has 1 aromatic rings. The largest absolute Gasteiger partial charge is 0.486 e. The smallest absolute Gasteiger partial charge is 0.237 e. The molecule has 6 nitrogen and oxygen atoms in total. The first-order valence-electron chi connectivity index (χ1n) is 9.74. The van der Waals surface area contributed by atoms with Crippen molar-refractivity contribution in [3.63, 3.8) is 0 Å². The lowest BCUT2D eigenvalue weighted by atomic mass is 9.88.